The highest BCUT2D eigenvalue weighted by molar-refractivity contribution is 5.94. The molecule has 0 bridgehead atoms. The van der Waals surface area contributed by atoms with Gasteiger partial charge in [0, 0.05) is 38.4 Å². The summed E-state index contributed by atoms with van der Waals surface area (Å²) in [7, 11) is 2.16. The van der Waals surface area contributed by atoms with Crippen molar-refractivity contribution in [2.45, 2.75) is 32.4 Å². The van der Waals surface area contributed by atoms with Gasteiger partial charge in [0.05, 0.1) is 6.04 Å². The molecule has 0 radical (unpaired) electrons. The van der Waals surface area contributed by atoms with E-state index < -0.39 is 6.04 Å². The molecule has 1 amide bonds. The second-order valence-electron chi connectivity index (χ2n) is 6.16. The summed E-state index contributed by atoms with van der Waals surface area (Å²) in [6.45, 7) is 7.37. The third kappa shape index (κ3) is 6.47. The molecule has 1 atom stereocenters. The van der Waals surface area contributed by atoms with Crippen LogP contribution < -0.4 is 11.1 Å². The Balaban J connectivity index is 0.00000264. The van der Waals surface area contributed by atoms with Crippen molar-refractivity contribution in [1.29, 1.82) is 0 Å². The van der Waals surface area contributed by atoms with Crippen molar-refractivity contribution in [3.8, 4) is 0 Å². The van der Waals surface area contributed by atoms with Crippen LogP contribution >= 0.6 is 12.4 Å². The number of hydrogen-bond acceptors (Lipinski definition) is 4. The van der Waals surface area contributed by atoms with Crippen molar-refractivity contribution in [1.82, 2.24) is 9.80 Å². The molecule has 1 heterocycles. The number of hydrogen-bond donors (Lipinski definition) is 2. The van der Waals surface area contributed by atoms with Gasteiger partial charge in [-0.1, -0.05) is 25.5 Å². The number of carbonyl (C=O) groups excluding carboxylic acids is 1. The van der Waals surface area contributed by atoms with E-state index in [1.807, 2.05) is 19.1 Å². The second-order valence-corrected chi connectivity index (χ2v) is 6.16. The Morgan fingerprint density at radius 3 is 2.65 bits per heavy atom. The van der Waals surface area contributed by atoms with Crippen LogP contribution in [0.4, 0.5) is 5.69 Å². The lowest BCUT2D eigenvalue weighted by molar-refractivity contribution is -0.117. The van der Waals surface area contributed by atoms with Crippen LogP contribution in [0.15, 0.2) is 24.3 Å². The van der Waals surface area contributed by atoms with Crippen LogP contribution in [-0.2, 0) is 11.3 Å². The van der Waals surface area contributed by atoms with Gasteiger partial charge in [0.15, 0.2) is 0 Å². The van der Waals surface area contributed by atoms with Crippen molar-refractivity contribution >= 4 is 24.0 Å². The average molecular weight is 341 g/mol. The minimum atomic E-state index is -0.425. The highest BCUT2D eigenvalue weighted by atomic mass is 35.5. The van der Waals surface area contributed by atoms with Gasteiger partial charge in [0.1, 0.15) is 0 Å². The average Bonchev–Trinajstić information content (AvgIpc) is 2.50. The zero-order valence-electron chi connectivity index (χ0n) is 14.1. The zero-order chi connectivity index (χ0) is 15.9. The fourth-order valence-corrected chi connectivity index (χ4v) is 2.69. The predicted molar refractivity (Wildman–Crippen MR) is 98.0 cm³/mol. The van der Waals surface area contributed by atoms with Gasteiger partial charge in [0.25, 0.3) is 0 Å². The number of nitrogens with two attached hydrogens (primary N) is 1. The lowest BCUT2D eigenvalue weighted by atomic mass is 10.1. The first kappa shape index (κ1) is 19.9. The SMILES string of the molecule is CCCC(N)C(=O)Nc1cccc(CN2CCN(C)CC2)c1.Cl. The zero-order valence-corrected chi connectivity index (χ0v) is 14.9. The largest absolute Gasteiger partial charge is 0.325 e. The normalized spacial score (nSPS) is 17.3. The molecule has 2 rings (SSSR count). The molecule has 0 aliphatic carbocycles. The fraction of sp³-hybridized carbons (Fsp3) is 0.588. The number of piperazine rings is 1. The van der Waals surface area contributed by atoms with Crippen LogP contribution in [0.3, 0.4) is 0 Å². The molecule has 6 heteroatoms. The predicted octanol–water partition coefficient (Wildman–Crippen LogP) is 1.92. The van der Waals surface area contributed by atoms with E-state index >= 15 is 0 Å². The molecular weight excluding hydrogens is 312 g/mol. The molecule has 3 N–H and O–H groups in total. The Hall–Kier alpha value is -1.14. The van der Waals surface area contributed by atoms with Crippen LogP contribution in [0, 0.1) is 0 Å². The highest BCUT2D eigenvalue weighted by Crippen LogP contribution is 2.14. The number of anilines is 1. The summed E-state index contributed by atoms with van der Waals surface area (Å²) < 4.78 is 0. The highest BCUT2D eigenvalue weighted by Gasteiger charge is 2.15. The molecule has 1 aromatic rings. The first-order chi connectivity index (χ1) is 10.6. The Labute approximate surface area is 145 Å². The summed E-state index contributed by atoms with van der Waals surface area (Å²) >= 11 is 0. The van der Waals surface area contributed by atoms with E-state index in [2.05, 4.69) is 34.3 Å². The molecule has 5 nitrogen and oxygen atoms in total. The number of nitrogens with zero attached hydrogens (tertiary/aromatic N) is 2. The van der Waals surface area contributed by atoms with Crippen molar-refractivity contribution in [3.05, 3.63) is 29.8 Å². The van der Waals surface area contributed by atoms with Gasteiger partial charge in [-0.05, 0) is 31.2 Å². The minimum Gasteiger partial charge on any atom is -0.325 e. The number of amides is 1. The van der Waals surface area contributed by atoms with Crippen LogP contribution in [0.25, 0.3) is 0 Å². The molecule has 0 spiro atoms. The summed E-state index contributed by atoms with van der Waals surface area (Å²) in [6.07, 6.45) is 1.63. The van der Waals surface area contributed by atoms with Crippen LogP contribution in [-0.4, -0.2) is 55.0 Å². The maximum atomic E-state index is 12.0. The van der Waals surface area contributed by atoms with Crippen LogP contribution in [0.5, 0.6) is 0 Å². The fourth-order valence-electron chi connectivity index (χ4n) is 2.69. The molecule has 1 fully saturated rings. The third-order valence-electron chi connectivity index (χ3n) is 4.13. The van der Waals surface area contributed by atoms with Crippen LogP contribution in [0.2, 0.25) is 0 Å². The first-order valence-corrected chi connectivity index (χ1v) is 8.14. The van der Waals surface area contributed by atoms with E-state index in [0.717, 1.165) is 44.8 Å². The molecule has 1 saturated heterocycles. The quantitative estimate of drug-likeness (QED) is 0.830. The van der Waals surface area contributed by atoms with Crippen molar-refractivity contribution < 1.29 is 4.79 Å². The van der Waals surface area contributed by atoms with E-state index in [1.165, 1.54) is 5.56 Å². The Kier molecular flexibility index (Phi) is 8.55. The number of nitrogens with one attached hydrogen (secondary N) is 1. The maximum Gasteiger partial charge on any atom is 0.241 e. The summed E-state index contributed by atoms with van der Waals surface area (Å²) in [5.41, 5.74) is 7.92. The van der Waals surface area contributed by atoms with Gasteiger partial charge in [-0.15, -0.1) is 12.4 Å². The second kappa shape index (κ2) is 9.88. The van der Waals surface area contributed by atoms with E-state index in [9.17, 15) is 4.79 Å². The summed E-state index contributed by atoms with van der Waals surface area (Å²) in [6, 6.07) is 7.65. The molecule has 1 aliphatic heterocycles. The number of benzene rings is 1. The standard InChI is InChI=1S/C17H28N4O.ClH/c1-3-5-16(18)17(22)19-15-7-4-6-14(12-15)13-21-10-8-20(2)9-11-21;/h4,6-7,12,16H,3,5,8-11,13,18H2,1-2H3,(H,19,22);1H. The monoisotopic (exact) mass is 340 g/mol. The van der Waals surface area contributed by atoms with Crippen molar-refractivity contribution in [3.63, 3.8) is 0 Å². The van der Waals surface area contributed by atoms with Crippen molar-refractivity contribution in [2.24, 2.45) is 5.73 Å². The Bertz CT molecular complexity index is 489. The molecule has 1 unspecified atom stereocenters. The lowest BCUT2D eigenvalue weighted by Gasteiger charge is -2.32. The number of halogens is 1. The van der Waals surface area contributed by atoms with Crippen molar-refractivity contribution in [2.75, 3.05) is 38.5 Å². The van der Waals surface area contributed by atoms with Gasteiger partial charge >= 0.3 is 0 Å². The van der Waals surface area contributed by atoms with Crippen LogP contribution in [0.1, 0.15) is 25.3 Å². The van der Waals surface area contributed by atoms with E-state index in [-0.39, 0.29) is 18.3 Å². The van der Waals surface area contributed by atoms with E-state index in [4.69, 9.17) is 5.73 Å². The van der Waals surface area contributed by atoms with E-state index in [1.54, 1.807) is 0 Å². The Morgan fingerprint density at radius 1 is 1.30 bits per heavy atom. The number of likely N-dealkylation sites (N-methyl/N-ethyl adjacent to an activating group) is 1. The van der Waals surface area contributed by atoms with Gasteiger partial charge in [0.2, 0.25) is 5.91 Å². The number of rotatable bonds is 6. The summed E-state index contributed by atoms with van der Waals surface area (Å²) in [5.74, 6) is -0.0985. The topological polar surface area (TPSA) is 61.6 Å². The van der Waals surface area contributed by atoms with Gasteiger partial charge in [-0.2, -0.15) is 0 Å². The first-order valence-electron chi connectivity index (χ1n) is 8.14. The van der Waals surface area contributed by atoms with E-state index in [0.29, 0.717) is 6.42 Å². The van der Waals surface area contributed by atoms with Gasteiger partial charge < -0.3 is 16.0 Å². The number of carbonyl (C=O) groups is 1. The summed E-state index contributed by atoms with van der Waals surface area (Å²) in [5, 5.41) is 2.92. The maximum absolute atomic E-state index is 12.0. The van der Waals surface area contributed by atoms with Gasteiger partial charge in [-0.25, -0.2) is 0 Å². The molecule has 1 aliphatic rings. The molecular formula is C17H29ClN4O. The third-order valence-corrected chi connectivity index (χ3v) is 4.13. The molecule has 23 heavy (non-hydrogen) atoms. The Morgan fingerprint density at radius 2 is 2.00 bits per heavy atom. The molecule has 130 valence electrons. The molecule has 0 saturated carbocycles. The lowest BCUT2D eigenvalue weighted by Crippen LogP contribution is -2.43. The van der Waals surface area contributed by atoms with Gasteiger partial charge in [-0.3, -0.25) is 9.69 Å². The smallest absolute Gasteiger partial charge is 0.241 e. The molecule has 1 aromatic carbocycles. The summed E-state index contributed by atoms with van der Waals surface area (Å²) in [4.78, 5) is 16.8. The molecule has 0 aromatic heterocycles. The minimum absolute atomic E-state index is 0.